The van der Waals surface area contributed by atoms with E-state index in [0.29, 0.717) is 56.3 Å². The summed E-state index contributed by atoms with van der Waals surface area (Å²) < 4.78 is 24.6. The largest absolute Gasteiger partial charge is 0.490 e. The number of nitrogens with zero attached hydrogens (tertiary/aromatic N) is 1. The Bertz CT molecular complexity index is 724. The highest BCUT2D eigenvalue weighted by molar-refractivity contribution is 5.96. The number of carbonyl (C=O) groups excluding carboxylic acids is 1. The summed E-state index contributed by atoms with van der Waals surface area (Å²) >= 11 is 0. The Morgan fingerprint density at radius 1 is 1.11 bits per heavy atom. The van der Waals surface area contributed by atoms with Crippen LogP contribution >= 0.6 is 0 Å². The van der Waals surface area contributed by atoms with Crippen LogP contribution in [-0.2, 0) is 4.74 Å². The molecule has 0 aliphatic carbocycles. The minimum Gasteiger partial charge on any atom is -0.490 e. The summed E-state index contributed by atoms with van der Waals surface area (Å²) in [4.78, 5) is 14.3. The first kappa shape index (κ1) is 20.7. The summed E-state index contributed by atoms with van der Waals surface area (Å²) in [5, 5.41) is 2.89. The smallest absolute Gasteiger partial charge is 0.255 e. The van der Waals surface area contributed by atoms with Gasteiger partial charge in [0.2, 0.25) is 0 Å². The summed E-state index contributed by atoms with van der Waals surface area (Å²) in [5.41, 5.74) is 1.05. The van der Waals surface area contributed by atoms with Crippen molar-refractivity contribution in [2.45, 2.75) is 13.3 Å². The van der Waals surface area contributed by atoms with E-state index in [1.807, 2.05) is 24.9 Å². The van der Waals surface area contributed by atoms with Gasteiger partial charge in [-0.15, -0.1) is 0 Å². The molecule has 0 bridgehead atoms. The third-order valence-electron chi connectivity index (χ3n) is 4.04. The molecule has 0 saturated carbocycles. The number of hydrogen-bond donors (Lipinski definition) is 1. The molecule has 0 atom stereocenters. The number of amides is 1. The van der Waals surface area contributed by atoms with Crippen LogP contribution < -0.4 is 15.0 Å². The van der Waals surface area contributed by atoms with E-state index in [0.717, 1.165) is 0 Å². The van der Waals surface area contributed by atoms with E-state index in [1.165, 1.54) is 6.07 Å². The fourth-order valence-corrected chi connectivity index (χ4v) is 2.63. The molecular weight excluding hydrogens is 347 g/mol. The summed E-state index contributed by atoms with van der Waals surface area (Å²) in [6.07, 6.45) is 0.698. The number of rotatable bonds is 11. The van der Waals surface area contributed by atoms with Crippen molar-refractivity contribution < 1.29 is 18.7 Å². The number of nitrogens with one attached hydrogen (secondary N) is 1. The van der Waals surface area contributed by atoms with Gasteiger partial charge in [-0.25, -0.2) is 4.39 Å². The van der Waals surface area contributed by atoms with Crippen LogP contribution in [0.4, 0.5) is 10.1 Å². The van der Waals surface area contributed by atoms with Gasteiger partial charge in [-0.2, -0.15) is 0 Å². The molecule has 146 valence electrons. The Kier molecular flexibility index (Phi) is 8.58. The predicted molar refractivity (Wildman–Crippen MR) is 105 cm³/mol. The van der Waals surface area contributed by atoms with E-state index < -0.39 is 0 Å². The van der Waals surface area contributed by atoms with Crippen LogP contribution in [0.3, 0.4) is 0 Å². The van der Waals surface area contributed by atoms with Crippen LogP contribution in [0.1, 0.15) is 23.7 Å². The molecule has 0 aliphatic rings. The molecule has 5 nitrogen and oxygen atoms in total. The van der Waals surface area contributed by atoms with E-state index >= 15 is 0 Å². The lowest BCUT2D eigenvalue weighted by Gasteiger charge is -2.20. The highest BCUT2D eigenvalue weighted by atomic mass is 19.1. The summed E-state index contributed by atoms with van der Waals surface area (Å²) in [7, 11) is 1.84. The molecular formula is C21H27FN2O3. The average molecular weight is 374 g/mol. The Labute approximate surface area is 160 Å². The van der Waals surface area contributed by atoms with Gasteiger partial charge in [0.25, 0.3) is 5.91 Å². The molecule has 0 aromatic heterocycles. The van der Waals surface area contributed by atoms with E-state index in [9.17, 15) is 9.18 Å². The van der Waals surface area contributed by atoms with Crippen LogP contribution in [0, 0.1) is 5.82 Å². The van der Waals surface area contributed by atoms with Gasteiger partial charge in [-0.05, 0) is 37.6 Å². The maximum atomic E-state index is 13.8. The normalized spacial score (nSPS) is 10.5. The molecule has 2 aromatic carbocycles. The molecule has 0 fully saturated rings. The fourth-order valence-electron chi connectivity index (χ4n) is 2.63. The van der Waals surface area contributed by atoms with Crippen LogP contribution in [0.5, 0.6) is 5.75 Å². The molecule has 0 radical (unpaired) electrons. The highest BCUT2D eigenvalue weighted by Crippen LogP contribution is 2.18. The summed E-state index contributed by atoms with van der Waals surface area (Å²) in [6, 6.07) is 13.8. The van der Waals surface area contributed by atoms with Crippen molar-refractivity contribution in [1.82, 2.24) is 5.32 Å². The SMILES string of the molecule is CCOCCOc1ccccc1C(=O)NCCCN(C)c1ccccc1F. The number of carbonyl (C=O) groups is 1. The molecule has 1 N–H and O–H groups in total. The molecule has 2 rings (SSSR count). The lowest BCUT2D eigenvalue weighted by atomic mass is 10.2. The van der Waals surface area contributed by atoms with Crippen LogP contribution in [0.2, 0.25) is 0 Å². The van der Waals surface area contributed by atoms with Crippen molar-refractivity contribution in [3.63, 3.8) is 0 Å². The minimum absolute atomic E-state index is 0.185. The number of anilines is 1. The molecule has 1 amide bonds. The molecule has 0 spiro atoms. The van der Waals surface area contributed by atoms with Crippen molar-refractivity contribution in [3.05, 3.63) is 59.9 Å². The predicted octanol–water partition coefficient (Wildman–Crippen LogP) is 3.50. The first-order chi connectivity index (χ1) is 13.1. The second kappa shape index (κ2) is 11.2. The number of ether oxygens (including phenoxy) is 2. The molecule has 2 aromatic rings. The second-order valence-electron chi connectivity index (χ2n) is 6.02. The maximum absolute atomic E-state index is 13.8. The van der Waals surface area contributed by atoms with Gasteiger partial charge >= 0.3 is 0 Å². The Balaban J connectivity index is 1.79. The third-order valence-corrected chi connectivity index (χ3v) is 4.04. The molecule has 27 heavy (non-hydrogen) atoms. The van der Waals surface area contributed by atoms with Gasteiger partial charge in [-0.3, -0.25) is 4.79 Å². The van der Waals surface area contributed by atoms with Gasteiger partial charge < -0.3 is 19.7 Å². The molecule has 0 aliphatic heterocycles. The molecule has 0 unspecified atom stereocenters. The first-order valence-electron chi connectivity index (χ1n) is 9.17. The standard InChI is InChI=1S/C21H27FN2O3/c1-3-26-15-16-27-20-12-7-4-9-17(20)21(25)23-13-8-14-24(2)19-11-6-5-10-18(19)22/h4-7,9-12H,3,8,13-16H2,1-2H3,(H,23,25). The van der Waals surface area contributed by atoms with Crippen molar-refractivity contribution in [1.29, 1.82) is 0 Å². The number of hydrogen-bond acceptors (Lipinski definition) is 4. The molecule has 0 heterocycles. The van der Waals surface area contributed by atoms with Crippen molar-refractivity contribution in [3.8, 4) is 5.75 Å². The minimum atomic E-state index is -0.248. The van der Waals surface area contributed by atoms with Crippen molar-refractivity contribution in [2.75, 3.05) is 44.9 Å². The van der Waals surface area contributed by atoms with Crippen LogP contribution in [0.15, 0.2) is 48.5 Å². The quantitative estimate of drug-likeness (QED) is 0.612. The molecule has 0 saturated heterocycles. The van der Waals surface area contributed by atoms with Gasteiger partial charge in [-0.1, -0.05) is 24.3 Å². The van der Waals surface area contributed by atoms with Gasteiger partial charge in [0.15, 0.2) is 0 Å². The number of benzene rings is 2. The first-order valence-corrected chi connectivity index (χ1v) is 9.17. The third kappa shape index (κ3) is 6.57. The Hall–Kier alpha value is -2.60. The van der Waals surface area contributed by atoms with Crippen molar-refractivity contribution >= 4 is 11.6 Å². The van der Waals surface area contributed by atoms with Crippen LogP contribution in [0.25, 0.3) is 0 Å². The lowest BCUT2D eigenvalue weighted by molar-refractivity contribution is 0.0936. The summed E-state index contributed by atoms with van der Waals surface area (Å²) in [6.45, 7) is 4.55. The Morgan fingerprint density at radius 2 is 1.85 bits per heavy atom. The van der Waals surface area contributed by atoms with E-state index in [2.05, 4.69) is 5.32 Å². The second-order valence-corrected chi connectivity index (χ2v) is 6.02. The van der Waals surface area contributed by atoms with Gasteiger partial charge in [0.05, 0.1) is 17.9 Å². The monoisotopic (exact) mass is 374 g/mol. The lowest BCUT2D eigenvalue weighted by Crippen LogP contribution is -2.28. The van der Waals surface area contributed by atoms with E-state index in [1.54, 1.807) is 36.4 Å². The highest BCUT2D eigenvalue weighted by Gasteiger charge is 2.12. The molecule has 6 heteroatoms. The van der Waals surface area contributed by atoms with Gasteiger partial charge in [0.1, 0.15) is 18.2 Å². The topological polar surface area (TPSA) is 50.8 Å². The van der Waals surface area contributed by atoms with E-state index in [4.69, 9.17) is 9.47 Å². The van der Waals surface area contributed by atoms with Gasteiger partial charge in [0, 0.05) is 26.7 Å². The van der Waals surface area contributed by atoms with Crippen molar-refractivity contribution in [2.24, 2.45) is 0 Å². The zero-order valence-corrected chi connectivity index (χ0v) is 15.9. The summed E-state index contributed by atoms with van der Waals surface area (Å²) in [5.74, 6) is 0.107. The number of para-hydroxylation sites is 2. The zero-order chi connectivity index (χ0) is 19.5. The maximum Gasteiger partial charge on any atom is 0.255 e. The van der Waals surface area contributed by atoms with Crippen LogP contribution in [-0.4, -0.2) is 45.9 Å². The Morgan fingerprint density at radius 3 is 2.63 bits per heavy atom. The average Bonchev–Trinajstić information content (AvgIpc) is 2.69. The zero-order valence-electron chi connectivity index (χ0n) is 15.9. The number of halogens is 1. The fraction of sp³-hybridized carbons (Fsp3) is 0.381. The van der Waals surface area contributed by atoms with E-state index in [-0.39, 0.29) is 11.7 Å².